The zero-order valence-electron chi connectivity index (χ0n) is 13.5. The quantitative estimate of drug-likeness (QED) is 0.746. The number of carbonyl (C=O) groups is 3. The molecule has 0 spiro atoms. The van der Waals surface area contributed by atoms with E-state index >= 15 is 0 Å². The Kier molecular flexibility index (Phi) is 6.71. The lowest BCUT2D eigenvalue weighted by molar-refractivity contribution is -0.147. The number of esters is 1. The number of methoxy groups -OCH3 is 1. The third kappa shape index (κ3) is 5.72. The summed E-state index contributed by atoms with van der Waals surface area (Å²) in [4.78, 5) is 35.6. The second-order valence-electron chi connectivity index (χ2n) is 5.04. The number of nitrogens with one attached hydrogen (secondary N) is 1. The number of benzene rings is 2. The van der Waals surface area contributed by atoms with Gasteiger partial charge < -0.3 is 9.47 Å². The number of rotatable bonds is 6. The van der Waals surface area contributed by atoms with Crippen molar-refractivity contribution in [2.24, 2.45) is 0 Å². The van der Waals surface area contributed by atoms with Crippen LogP contribution in [0, 0.1) is 0 Å². The van der Waals surface area contributed by atoms with Gasteiger partial charge in [0.05, 0.1) is 19.1 Å². The van der Waals surface area contributed by atoms with Gasteiger partial charge in [-0.05, 0) is 29.8 Å². The smallest absolute Gasteiger partial charge is 0.310 e. The van der Waals surface area contributed by atoms with Crippen molar-refractivity contribution in [3.8, 4) is 5.75 Å². The van der Waals surface area contributed by atoms with Crippen molar-refractivity contribution in [1.82, 2.24) is 5.32 Å². The normalized spacial score (nSPS) is 10.0. The van der Waals surface area contributed by atoms with Crippen molar-refractivity contribution in [3.05, 3.63) is 64.1 Å². The van der Waals surface area contributed by atoms with Crippen LogP contribution < -0.4 is 10.1 Å². The molecule has 0 aliphatic carbocycles. The van der Waals surface area contributed by atoms with E-state index in [-0.39, 0.29) is 12.0 Å². The van der Waals surface area contributed by atoms with E-state index < -0.39 is 24.4 Å². The van der Waals surface area contributed by atoms with Crippen LogP contribution in [-0.4, -0.2) is 31.5 Å². The van der Waals surface area contributed by atoms with Gasteiger partial charge in [-0.15, -0.1) is 0 Å². The molecule has 1 N–H and O–H groups in total. The third-order valence-electron chi connectivity index (χ3n) is 3.23. The van der Waals surface area contributed by atoms with Gasteiger partial charge >= 0.3 is 5.97 Å². The minimum atomic E-state index is -0.708. The van der Waals surface area contributed by atoms with Crippen LogP contribution >= 0.6 is 15.9 Å². The molecule has 130 valence electrons. The van der Waals surface area contributed by atoms with E-state index in [0.717, 1.165) is 10.0 Å². The van der Waals surface area contributed by atoms with Crippen molar-refractivity contribution in [3.63, 3.8) is 0 Å². The van der Waals surface area contributed by atoms with E-state index in [1.54, 1.807) is 42.5 Å². The first-order chi connectivity index (χ1) is 12.0. The first-order valence-corrected chi connectivity index (χ1v) is 8.16. The molecule has 0 aliphatic heterocycles. The van der Waals surface area contributed by atoms with E-state index in [2.05, 4.69) is 21.2 Å². The molecule has 0 saturated carbocycles. The fourth-order valence-corrected chi connectivity index (χ4v) is 2.29. The fourth-order valence-electron chi connectivity index (χ4n) is 2.03. The number of para-hydroxylation sites is 1. The highest BCUT2D eigenvalue weighted by atomic mass is 79.9. The van der Waals surface area contributed by atoms with Crippen molar-refractivity contribution < 1.29 is 23.9 Å². The average Bonchev–Trinajstić information content (AvgIpc) is 2.62. The monoisotopic (exact) mass is 405 g/mol. The van der Waals surface area contributed by atoms with Gasteiger partial charge in [-0.25, -0.2) is 0 Å². The van der Waals surface area contributed by atoms with Crippen LogP contribution in [0.25, 0.3) is 0 Å². The lowest BCUT2D eigenvalue weighted by Crippen LogP contribution is -2.34. The number of halogens is 1. The maximum Gasteiger partial charge on any atom is 0.310 e. The molecule has 2 aromatic rings. The molecule has 0 bridgehead atoms. The van der Waals surface area contributed by atoms with Crippen LogP contribution in [0.5, 0.6) is 5.75 Å². The van der Waals surface area contributed by atoms with E-state index in [1.165, 1.54) is 13.2 Å². The minimum Gasteiger partial charge on any atom is -0.496 e. The molecule has 25 heavy (non-hydrogen) atoms. The van der Waals surface area contributed by atoms with Crippen LogP contribution in [0.1, 0.15) is 15.9 Å². The average molecular weight is 406 g/mol. The maximum atomic E-state index is 12.0. The van der Waals surface area contributed by atoms with Gasteiger partial charge in [-0.1, -0.05) is 40.2 Å². The minimum absolute atomic E-state index is 0.0427. The number of hydrogen-bond acceptors (Lipinski definition) is 5. The molecule has 7 heteroatoms. The molecular weight excluding hydrogens is 390 g/mol. The summed E-state index contributed by atoms with van der Waals surface area (Å²) in [7, 11) is 1.43. The largest absolute Gasteiger partial charge is 0.496 e. The highest BCUT2D eigenvalue weighted by molar-refractivity contribution is 9.10. The number of carbonyl (C=O) groups excluding carboxylic acids is 3. The van der Waals surface area contributed by atoms with Crippen molar-refractivity contribution in [2.75, 3.05) is 13.7 Å². The SMILES string of the molecule is COc1ccccc1C(=O)NC(=O)COC(=O)Cc1ccc(Br)cc1. The summed E-state index contributed by atoms with van der Waals surface area (Å²) in [5, 5.41) is 2.16. The number of amides is 2. The van der Waals surface area contributed by atoms with Gasteiger partial charge in [0.15, 0.2) is 6.61 Å². The van der Waals surface area contributed by atoms with Gasteiger partial charge in [-0.3, -0.25) is 19.7 Å². The highest BCUT2D eigenvalue weighted by Crippen LogP contribution is 2.16. The molecule has 0 aliphatic rings. The lowest BCUT2D eigenvalue weighted by Gasteiger charge is -2.09. The third-order valence-corrected chi connectivity index (χ3v) is 3.76. The summed E-state index contributed by atoms with van der Waals surface area (Å²) in [6.45, 7) is -0.531. The number of imide groups is 1. The lowest BCUT2D eigenvalue weighted by atomic mass is 10.2. The summed E-state index contributed by atoms with van der Waals surface area (Å²) < 4.78 is 10.8. The van der Waals surface area contributed by atoms with E-state index in [1.807, 2.05) is 0 Å². The standard InChI is InChI=1S/C18H16BrNO5/c1-24-15-5-3-2-4-14(15)18(23)20-16(21)11-25-17(22)10-12-6-8-13(19)9-7-12/h2-9H,10-11H2,1H3,(H,20,21,23). The maximum absolute atomic E-state index is 12.0. The van der Waals surface area contributed by atoms with Gasteiger partial charge in [-0.2, -0.15) is 0 Å². The van der Waals surface area contributed by atoms with Crippen LogP contribution in [0.15, 0.2) is 53.0 Å². The topological polar surface area (TPSA) is 81.7 Å². The predicted molar refractivity (Wildman–Crippen MR) is 94.3 cm³/mol. The van der Waals surface area contributed by atoms with Crippen molar-refractivity contribution >= 4 is 33.7 Å². The summed E-state index contributed by atoms with van der Waals surface area (Å²) in [6, 6.07) is 13.7. The Morgan fingerprint density at radius 1 is 1.04 bits per heavy atom. The Balaban J connectivity index is 1.82. The van der Waals surface area contributed by atoms with Gasteiger partial charge in [0, 0.05) is 4.47 Å². The Bertz CT molecular complexity index is 773. The molecule has 0 fully saturated rings. The first kappa shape index (κ1) is 18.7. The van der Waals surface area contributed by atoms with E-state index in [4.69, 9.17) is 9.47 Å². The Hall–Kier alpha value is -2.67. The Labute approximate surface area is 153 Å². The summed E-state index contributed by atoms with van der Waals surface area (Å²) >= 11 is 3.30. The van der Waals surface area contributed by atoms with Gasteiger partial charge in [0.25, 0.3) is 11.8 Å². The van der Waals surface area contributed by atoms with Gasteiger partial charge in [0.2, 0.25) is 0 Å². The molecule has 0 heterocycles. The van der Waals surface area contributed by atoms with E-state index in [9.17, 15) is 14.4 Å². The second-order valence-corrected chi connectivity index (χ2v) is 5.96. The molecule has 0 atom stereocenters. The molecule has 0 radical (unpaired) electrons. The Morgan fingerprint density at radius 3 is 2.40 bits per heavy atom. The molecule has 2 aromatic carbocycles. The highest BCUT2D eigenvalue weighted by Gasteiger charge is 2.16. The predicted octanol–water partition coefficient (Wildman–Crippen LogP) is 2.50. The fraction of sp³-hybridized carbons (Fsp3) is 0.167. The number of hydrogen-bond donors (Lipinski definition) is 1. The molecule has 2 rings (SSSR count). The van der Waals surface area contributed by atoms with Crippen molar-refractivity contribution in [2.45, 2.75) is 6.42 Å². The van der Waals surface area contributed by atoms with Gasteiger partial charge in [0.1, 0.15) is 5.75 Å². The van der Waals surface area contributed by atoms with Crippen LogP contribution in [-0.2, 0) is 20.7 Å². The molecule has 6 nitrogen and oxygen atoms in total. The molecule has 0 saturated heterocycles. The van der Waals surface area contributed by atoms with Crippen LogP contribution in [0.2, 0.25) is 0 Å². The number of ether oxygens (including phenoxy) is 2. The molecule has 0 unspecified atom stereocenters. The van der Waals surface area contributed by atoms with Crippen molar-refractivity contribution in [1.29, 1.82) is 0 Å². The molecular formula is C18H16BrNO5. The second kappa shape index (κ2) is 8.98. The summed E-state index contributed by atoms with van der Waals surface area (Å²) in [5.41, 5.74) is 0.984. The zero-order chi connectivity index (χ0) is 18.2. The zero-order valence-corrected chi connectivity index (χ0v) is 15.0. The molecule has 2 amide bonds. The molecule has 0 aromatic heterocycles. The Morgan fingerprint density at radius 2 is 1.72 bits per heavy atom. The van der Waals surface area contributed by atoms with Crippen LogP contribution in [0.3, 0.4) is 0 Å². The summed E-state index contributed by atoms with van der Waals surface area (Å²) in [6.07, 6.45) is 0.0427. The van der Waals surface area contributed by atoms with E-state index in [0.29, 0.717) is 5.75 Å². The van der Waals surface area contributed by atoms with Crippen LogP contribution in [0.4, 0.5) is 0 Å². The first-order valence-electron chi connectivity index (χ1n) is 7.37. The summed E-state index contributed by atoms with van der Waals surface area (Å²) in [5.74, 6) is -1.53.